The number of allylic oxidation sites excluding steroid dienone is 1. The first-order valence-corrected chi connectivity index (χ1v) is 5.72. The average molecular weight is 206 g/mol. The second-order valence-corrected chi connectivity index (χ2v) is 3.60. The molecule has 1 unspecified atom stereocenters. The molecule has 1 atom stereocenters. The second-order valence-electron chi connectivity index (χ2n) is 2.16. The van der Waals surface area contributed by atoms with Crippen molar-refractivity contribution in [2.75, 3.05) is 19.4 Å². The maximum Gasteiger partial charge on any atom is 0.330 e. The Morgan fingerprint density at radius 3 is 2.62 bits per heavy atom. The van der Waals surface area contributed by atoms with Crippen molar-refractivity contribution >= 4 is 14.0 Å². The number of ether oxygens (including phenoxy) is 1. The molecule has 0 saturated heterocycles. The summed E-state index contributed by atoms with van der Waals surface area (Å²) in [4.78, 5) is 10.7. The van der Waals surface area contributed by atoms with Gasteiger partial charge in [-0.2, -0.15) is 0 Å². The zero-order valence-electron chi connectivity index (χ0n) is 7.91. The maximum atomic E-state index is 10.9. The molecule has 0 heterocycles. The monoisotopic (exact) mass is 206 g/mol. The molecule has 0 aliphatic carbocycles. The lowest BCUT2D eigenvalue weighted by Gasteiger charge is -1.96. The van der Waals surface area contributed by atoms with Crippen molar-refractivity contribution in [2.24, 2.45) is 0 Å². The van der Waals surface area contributed by atoms with E-state index in [0.29, 0.717) is 13.2 Å². The Kier molecular flexibility index (Phi) is 7.65. The molecule has 0 aromatic rings. The molecule has 0 radical (unpaired) electrons. The Hall–Kier alpha value is -0.600. The fraction of sp³-hybridized carbons (Fsp3) is 0.625. The standard InChI is InChI=1S/C8H15O4P/c1-3-11-8(9)6-5-7-13(10)12-4-2/h5-6,13H,3-4,7H2,1-2H3/b6-5+. The number of rotatable bonds is 6. The molecule has 0 N–H and O–H groups in total. The van der Waals surface area contributed by atoms with Crippen LogP contribution in [-0.2, 0) is 18.6 Å². The van der Waals surface area contributed by atoms with Crippen molar-refractivity contribution in [3.63, 3.8) is 0 Å². The maximum absolute atomic E-state index is 10.9. The molecule has 0 aromatic carbocycles. The third kappa shape index (κ3) is 7.75. The molecular formula is C8H15O4P. The topological polar surface area (TPSA) is 52.6 Å². The lowest BCUT2D eigenvalue weighted by Crippen LogP contribution is -1.98. The molecule has 0 aliphatic heterocycles. The Morgan fingerprint density at radius 1 is 1.38 bits per heavy atom. The minimum Gasteiger partial charge on any atom is -0.463 e. The fourth-order valence-electron chi connectivity index (χ4n) is 0.662. The molecule has 0 aromatic heterocycles. The van der Waals surface area contributed by atoms with E-state index in [4.69, 9.17) is 4.52 Å². The Balaban J connectivity index is 3.61. The molecule has 13 heavy (non-hydrogen) atoms. The molecular weight excluding hydrogens is 191 g/mol. The number of hydrogen-bond acceptors (Lipinski definition) is 4. The lowest BCUT2D eigenvalue weighted by molar-refractivity contribution is -0.137. The van der Waals surface area contributed by atoms with Crippen molar-refractivity contribution < 1.29 is 18.6 Å². The van der Waals surface area contributed by atoms with E-state index < -0.39 is 14.0 Å². The van der Waals surface area contributed by atoms with Crippen molar-refractivity contribution in [2.45, 2.75) is 13.8 Å². The first-order valence-electron chi connectivity index (χ1n) is 4.19. The third-order valence-corrected chi connectivity index (χ3v) is 2.31. The van der Waals surface area contributed by atoms with Gasteiger partial charge in [0.1, 0.15) is 0 Å². The van der Waals surface area contributed by atoms with Gasteiger partial charge in [-0.15, -0.1) is 0 Å². The molecule has 0 fully saturated rings. The van der Waals surface area contributed by atoms with E-state index in [1.165, 1.54) is 12.2 Å². The average Bonchev–Trinajstić information content (AvgIpc) is 2.05. The Morgan fingerprint density at radius 2 is 2.08 bits per heavy atom. The first kappa shape index (κ1) is 12.4. The first-order chi connectivity index (χ1) is 6.20. The van der Waals surface area contributed by atoms with Gasteiger partial charge in [0, 0.05) is 12.2 Å². The zero-order valence-corrected chi connectivity index (χ0v) is 8.91. The van der Waals surface area contributed by atoms with E-state index in [0.717, 1.165) is 0 Å². The van der Waals surface area contributed by atoms with Crippen LogP contribution in [0.25, 0.3) is 0 Å². The minimum absolute atomic E-state index is 0.289. The fourth-order valence-corrected chi connectivity index (χ4v) is 1.41. The van der Waals surface area contributed by atoms with Crippen molar-refractivity contribution in [1.29, 1.82) is 0 Å². The summed E-state index contributed by atoms with van der Waals surface area (Å²) >= 11 is 0. The number of esters is 1. The van der Waals surface area contributed by atoms with Crippen LogP contribution in [0.1, 0.15) is 13.8 Å². The van der Waals surface area contributed by atoms with Crippen LogP contribution in [0.5, 0.6) is 0 Å². The zero-order chi connectivity index (χ0) is 10.1. The van der Waals surface area contributed by atoms with Crippen molar-refractivity contribution in [3.05, 3.63) is 12.2 Å². The predicted octanol–water partition coefficient (Wildman–Crippen LogP) is 1.62. The van der Waals surface area contributed by atoms with Crippen LogP contribution in [0.2, 0.25) is 0 Å². The van der Waals surface area contributed by atoms with Gasteiger partial charge in [0.2, 0.25) is 0 Å². The predicted molar refractivity (Wildman–Crippen MR) is 51.3 cm³/mol. The highest BCUT2D eigenvalue weighted by molar-refractivity contribution is 7.39. The van der Waals surface area contributed by atoms with Gasteiger partial charge in [0.15, 0.2) is 8.03 Å². The minimum atomic E-state index is -2.00. The summed E-state index contributed by atoms with van der Waals surface area (Å²) < 4.78 is 20.4. The van der Waals surface area contributed by atoms with E-state index in [1.807, 2.05) is 0 Å². The molecule has 0 aliphatic rings. The summed E-state index contributed by atoms with van der Waals surface area (Å²) in [5.41, 5.74) is 0. The summed E-state index contributed by atoms with van der Waals surface area (Å²) in [5, 5.41) is 0. The van der Waals surface area contributed by atoms with E-state index in [9.17, 15) is 9.36 Å². The van der Waals surface area contributed by atoms with Gasteiger partial charge in [-0.1, -0.05) is 6.08 Å². The quantitative estimate of drug-likeness (QED) is 0.376. The largest absolute Gasteiger partial charge is 0.463 e. The van der Waals surface area contributed by atoms with Crippen LogP contribution < -0.4 is 0 Å². The van der Waals surface area contributed by atoms with Crippen LogP contribution in [0.4, 0.5) is 0 Å². The van der Waals surface area contributed by atoms with Crippen LogP contribution in [0.3, 0.4) is 0 Å². The normalized spacial score (nSPS) is 13.1. The molecule has 0 bridgehead atoms. The van der Waals surface area contributed by atoms with Crippen LogP contribution in [0.15, 0.2) is 12.2 Å². The smallest absolute Gasteiger partial charge is 0.330 e. The number of carbonyl (C=O) groups is 1. The van der Waals surface area contributed by atoms with Gasteiger partial charge in [0.25, 0.3) is 0 Å². The highest BCUT2D eigenvalue weighted by Crippen LogP contribution is 2.20. The van der Waals surface area contributed by atoms with Gasteiger partial charge in [-0.05, 0) is 13.8 Å². The van der Waals surface area contributed by atoms with Crippen molar-refractivity contribution in [3.8, 4) is 0 Å². The third-order valence-electron chi connectivity index (χ3n) is 1.13. The SMILES string of the molecule is CCOC(=O)/C=C/C[PH](=O)OCC. The van der Waals surface area contributed by atoms with E-state index >= 15 is 0 Å². The number of hydrogen-bond donors (Lipinski definition) is 0. The summed E-state index contributed by atoms with van der Waals surface area (Å²) in [6, 6.07) is 0. The van der Waals surface area contributed by atoms with Gasteiger partial charge in [-0.25, -0.2) is 4.79 Å². The molecule has 4 nitrogen and oxygen atoms in total. The van der Waals surface area contributed by atoms with E-state index in [-0.39, 0.29) is 6.16 Å². The molecule has 76 valence electrons. The summed E-state index contributed by atoms with van der Waals surface area (Å²) in [5.74, 6) is -0.409. The Labute approximate surface area is 78.8 Å². The summed E-state index contributed by atoms with van der Waals surface area (Å²) in [6.07, 6.45) is 3.07. The number of carbonyl (C=O) groups excluding carboxylic acids is 1. The van der Waals surface area contributed by atoms with Gasteiger partial charge < -0.3 is 9.26 Å². The lowest BCUT2D eigenvalue weighted by atomic mass is 10.5. The summed E-state index contributed by atoms with van der Waals surface area (Å²) in [6.45, 7) is 4.29. The molecule has 5 heteroatoms. The summed E-state index contributed by atoms with van der Waals surface area (Å²) in [7, 11) is -2.00. The van der Waals surface area contributed by atoms with Crippen molar-refractivity contribution in [1.82, 2.24) is 0 Å². The van der Waals surface area contributed by atoms with Gasteiger partial charge >= 0.3 is 5.97 Å². The second kappa shape index (κ2) is 8.02. The van der Waals surface area contributed by atoms with Crippen LogP contribution >= 0.6 is 8.03 Å². The Bertz CT molecular complexity index is 200. The molecule has 0 spiro atoms. The van der Waals surface area contributed by atoms with Gasteiger partial charge in [-0.3, -0.25) is 4.57 Å². The highest BCUT2D eigenvalue weighted by atomic mass is 31.1. The molecule has 0 saturated carbocycles. The van der Waals surface area contributed by atoms with E-state index in [2.05, 4.69) is 4.74 Å². The van der Waals surface area contributed by atoms with Gasteiger partial charge in [0.05, 0.1) is 13.2 Å². The van der Waals surface area contributed by atoms with Crippen LogP contribution in [-0.4, -0.2) is 25.3 Å². The molecule has 0 rings (SSSR count). The highest BCUT2D eigenvalue weighted by Gasteiger charge is 1.96. The van der Waals surface area contributed by atoms with Crippen LogP contribution in [0, 0.1) is 0 Å². The van der Waals surface area contributed by atoms with E-state index in [1.54, 1.807) is 13.8 Å². The molecule has 0 amide bonds.